The van der Waals surface area contributed by atoms with E-state index in [4.69, 9.17) is 4.74 Å². The van der Waals surface area contributed by atoms with E-state index in [9.17, 15) is 14.7 Å². The zero-order chi connectivity index (χ0) is 15.6. The van der Waals surface area contributed by atoms with Gasteiger partial charge in [-0.15, -0.1) is 0 Å². The molecule has 1 heterocycles. The lowest BCUT2D eigenvalue weighted by Crippen LogP contribution is -2.33. The molecular weight excluding hydrogens is 340 g/mol. The topological polar surface area (TPSA) is 84.3 Å². The number of halogens is 1. The first-order valence-electron chi connectivity index (χ1n) is 6.29. The lowest BCUT2D eigenvalue weighted by atomic mass is 10.1. The largest absolute Gasteiger partial charge is 0.494 e. The van der Waals surface area contributed by atoms with Gasteiger partial charge in [0.2, 0.25) is 5.88 Å². The first kappa shape index (κ1) is 15.5. The Bertz CT molecular complexity index is 749. The molecule has 0 aliphatic heterocycles. The summed E-state index contributed by atoms with van der Waals surface area (Å²) in [5.74, 6) is -0.366. The number of benzene rings is 1. The van der Waals surface area contributed by atoms with E-state index in [-0.39, 0.29) is 24.1 Å². The average molecular weight is 355 g/mol. The second-order valence-electron chi connectivity index (χ2n) is 4.62. The molecule has 1 atom stereocenters. The average Bonchev–Trinajstić information content (AvgIpc) is 2.45. The summed E-state index contributed by atoms with van der Waals surface area (Å²) in [6, 6.07) is 6.87. The number of rotatable bonds is 4. The Balaban J connectivity index is 2.61. The first-order valence-corrected chi connectivity index (χ1v) is 7.08. The van der Waals surface area contributed by atoms with Crippen molar-refractivity contribution >= 4 is 15.9 Å². The molecule has 7 heteroatoms. The Kier molecular flexibility index (Phi) is 4.64. The molecule has 2 N–H and O–H groups in total. The minimum atomic E-state index is -0.665. The zero-order valence-electron chi connectivity index (χ0n) is 11.6. The minimum Gasteiger partial charge on any atom is -0.494 e. The summed E-state index contributed by atoms with van der Waals surface area (Å²) in [6.07, 6.45) is -0.280. The molecule has 0 aliphatic carbocycles. The van der Waals surface area contributed by atoms with Crippen molar-refractivity contribution < 1.29 is 9.84 Å². The standard InChI is InChI=1S/C14H15BrN2O4/c1-8(21-2)7-17-13(19)11(12(18)16-14(17)20)9-3-5-10(15)6-4-9/h3-6,8,19H,7H2,1-2H3,(H,16,18,20). The quantitative estimate of drug-likeness (QED) is 0.875. The van der Waals surface area contributed by atoms with Crippen LogP contribution in [0.1, 0.15) is 6.92 Å². The number of H-pyrrole nitrogens is 1. The Hall–Kier alpha value is -1.86. The van der Waals surface area contributed by atoms with Crippen LogP contribution in [-0.4, -0.2) is 27.9 Å². The number of hydrogen-bond acceptors (Lipinski definition) is 4. The molecule has 1 aromatic heterocycles. The second-order valence-corrected chi connectivity index (χ2v) is 5.54. The van der Waals surface area contributed by atoms with Crippen LogP contribution in [0.4, 0.5) is 0 Å². The van der Waals surface area contributed by atoms with Gasteiger partial charge in [-0.3, -0.25) is 14.3 Å². The number of hydrogen-bond donors (Lipinski definition) is 2. The molecule has 0 saturated carbocycles. The third-order valence-electron chi connectivity index (χ3n) is 3.15. The molecule has 0 amide bonds. The van der Waals surface area contributed by atoms with Crippen LogP contribution in [0.5, 0.6) is 5.88 Å². The van der Waals surface area contributed by atoms with Gasteiger partial charge in [-0.2, -0.15) is 0 Å². The van der Waals surface area contributed by atoms with Crippen molar-refractivity contribution in [1.82, 2.24) is 9.55 Å². The predicted octanol–water partition coefficient (Wildman–Crippen LogP) is 1.71. The molecule has 112 valence electrons. The maximum absolute atomic E-state index is 12.0. The third-order valence-corrected chi connectivity index (χ3v) is 3.68. The van der Waals surface area contributed by atoms with Crippen LogP contribution >= 0.6 is 15.9 Å². The zero-order valence-corrected chi connectivity index (χ0v) is 13.2. The number of aromatic amines is 1. The predicted molar refractivity (Wildman–Crippen MR) is 82.6 cm³/mol. The highest BCUT2D eigenvalue weighted by atomic mass is 79.9. The highest BCUT2D eigenvalue weighted by molar-refractivity contribution is 9.10. The van der Waals surface area contributed by atoms with Gasteiger partial charge in [0.15, 0.2) is 0 Å². The van der Waals surface area contributed by atoms with Crippen LogP contribution < -0.4 is 11.2 Å². The summed E-state index contributed by atoms with van der Waals surface area (Å²) < 4.78 is 7.03. The normalized spacial score (nSPS) is 12.3. The van der Waals surface area contributed by atoms with Crippen molar-refractivity contribution in [3.05, 3.63) is 49.6 Å². The van der Waals surface area contributed by atoms with Gasteiger partial charge >= 0.3 is 5.69 Å². The molecule has 1 aromatic carbocycles. The van der Waals surface area contributed by atoms with Gasteiger partial charge in [-0.1, -0.05) is 28.1 Å². The van der Waals surface area contributed by atoms with E-state index < -0.39 is 11.2 Å². The molecule has 0 saturated heterocycles. The Morgan fingerprint density at radius 2 is 1.95 bits per heavy atom. The van der Waals surface area contributed by atoms with Crippen molar-refractivity contribution in [2.24, 2.45) is 0 Å². The number of nitrogens with one attached hydrogen (secondary N) is 1. The summed E-state index contributed by atoms with van der Waals surface area (Å²) in [4.78, 5) is 26.0. The van der Waals surface area contributed by atoms with Crippen LogP contribution in [0.3, 0.4) is 0 Å². The van der Waals surface area contributed by atoms with Crippen LogP contribution in [-0.2, 0) is 11.3 Å². The van der Waals surface area contributed by atoms with E-state index in [1.807, 2.05) is 0 Å². The number of aromatic hydroxyl groups is 1. The fourth-order valence-corrected chi connectivity index (χ4v) is 2.20. The molecule has 2 aromatic rings. The summed E-state index contributed by atoms with van der Waals surface area (Å²) >= 11 is 3.30. The maximum atomic E-state index is 12.0. The molecule has 0 aliphatic rings. The van der Waals surface area contributed by atoms with Gasteiger partial charge < -0.3 is 9.84 Å². The fraction of sp³-hybridized carbons (Fsp3) is 0.286. The van der Waals surface area contributed by atoms with E-state index in [0.717, 1.165) is 9.04 Å². The molecule has 1 unspecified atom stereocenters. The van der Waals surface area contributed by atoms with Crippen molar-refractivity contribution in [3.8, 4) is 17.0 Å². The number of methoxy groups -OCH3 is 1. The van der Waals surface area contributed by atoms with E-state index in [2.05, 4.69) is 20.9 Å². The van der Waals surface area contributed by atoms with Crippen LogP contribution in [0.2, 0.25) is 0 Å². The fourth-order valence-electron chi connectivity index (χ4n) is 1.94. The highest BCUT2D eigenvalue weighted by Crippen LogP contribution is 2.25. The van der Waals surface area contributed by atoms with Gasteiger partial charge in [0.1, 0.15) is 5.56 Å². The Morgan fingerprint density at radius 1 is 1.33 bits per heavy atom. The Morgan fingerprint density at radius 3 is 2.52 bits per heavy atom. The van der Waals surface area contributed by atoms with Gasteiger partial charge in [0, 0.05) is 11.6 Å². The lowest BCUT2D eigenvalue weighted by molar-refractivity contribution is 0.0992. The van der Waals surface area contributed by atoms with Crippen LogP contribution in [0.25, 0.3) is 11.1 Å². The van der Waals surface area contributed by atoms with Gasteiger partial charge in [-0.25, -0.2) is 4.79 Å². The van der Waals surface area contributed by atoms with Crippen molar-refractivity contribution in [2.75, 3.05) is 7.11 Å². The van der Waals surface area contributed by atoms with Gasteiger partial charge in [0.05, 0.1) is 12.6 Å². The molecule has 0 spiro atoms. The van der Waals surface area contributed by atoms with E-state index in [1.165, 1.54) is 7.11 Å². The number of ether oxygens (including phenoxy) is 1. The van der Waals surface area contributed by atoms with Crippen molar-refractivity contribution in [2.45, 2.75) is 19.6 Å². The second kappa shape index (κ2) is 6.28. The highest BCUT2D eigenvalue weighted by Gasteiger charge is 2.17. The van der Waals surface area contributed by atoms with Crippen LogP contribution in [0, 0.1) is 0 Å². The summed E-state index contributed by atoms with van der Waals surface area (Å²) in [5.41, 5.74) is -0.704. The van der Waals surface area contributed by atoms with Crippen molar-refractivity contribution in [3.63, 3.8) is 0 Å². The Labute approximate surface area is 129 Å². The van der Waals surface area contributed by atoms with E-state index in [0.29, 0.717) is 5.56 Å². The molecule has 21 heavy (non-hydrogen) atoms. The molecular formula is C14H15BrN2O4. The smallest absolute Gasteiger partial charge is 0.331 e. The third kappa shape index (κ3) is 3.25. The molecule has 2 rings (SSSR count). The van der Waals surface area contributed by atoms with Gasteiger partial charge in [-0.05, 0) is 24.6 Å². The van der Waals surface area contributed by atoms with E-state index >= 15 is 0 Å². The van der Waals surface area contributed by atoms with Crippen molar-refractivity contribution in [1.29, 1.82) is 0 Å². The summed E-state index contributed by atoms with van der Waals surface area (Å²) in [7, 11) is 1.51. The molecule has 6 nitrogen and oxygen atoms in total. The number of nitrogens with zero attached hydrogens (tertiary/aromatic N) is 1. The molecule has 0 fully saturated rings. The van der Waals surface area contributed by atoms with E-state index in [1.54, 1.807) is 31.2 Å². The summed E-state index contributed by atoms with van der Waals surface area (Å²) in [5, 5.41) is 10.3. The van der Waals surface area contributed by atoms with Gasteiger partial charge in [0.25, 0.3) is 5.56 Å². The summed E-state index contributed by atoms with van der Waals surface area (Å²) in [6.45, 7) is 1.90. The molecule has 0 radical (unpaired) electrons. The first-order chi connectivity index (χ1) is 9.93. The lowest BCUT2D eigenvalue weighted by Gasteiger charge is -2.15. The number of aromatic nitrogens is 2. The SMILES string of the molecule is COC(C)Cn1c(O)c(-c2ccc(Br)cc2)c(=O)[nH]c1=O. The minimum absolute atomic E-state index is 0.0606. The molecule has 0 bridgehead atoms. The van der Waals surface area contributed by atoms with Crippen LogP contribution in [0.15, 0.2) is 38.3 Å². The monoisotopic (exact) mass is 354 g/mol. The maximum Gasteiger partial charge on any atom is 0.331 e.